The molecule has 13 heavy (non-hydrogen) atoms. The molecule has 2 rings (SSSR count). The van der Waals surface area contributed by atoms with Gasteiger partial charge in [-0.15, -0.1) is 5.10 Å². The number of aromatic nitrogens is 3. The summed E-state index contributed by atoms with van der Waals surface area (Å²) in [5, 5.41) is 12.2. The van der Waals surface area contributed by atoms with E-state index in [2.05, 4.69) is 47.2 Å². The minimum atomic E-state index is -1.28. The summed E-state index contributed by atoms with van der Waals surface area (Å²) in [7, 11) is -1.28. The van der Waals surface area contributed by atoms with Crippen molar-refractivity contribution in [3.05, 3.63) is 18.2 Å². The summed E-state index contributed by atoms with van der Waals surface area (Å²) in [4.78, 5) is 0. The number of hydrogen-bond acceptors (Lipinski definition) is 2. The summed E-state index contributed by atoms with van der Waals surface area (Å²) >= 11 is 0. The van der Waals surface area contributed by atoms with Gasteiger partial charge < -0.3 is 0 Å². The minimum Gasteiger partial charge on any atom is -0.258 e. The third-order valence-corrected chi connectivity index (χ3v) is 4.18. The highest BCUT2D eigenvalue weighted by atomic mass is 28.3. The van der Waals surface area contributed by atoms with Gasteiger partial charge in [-0.25, -0.2) is 0 Å². The van der Waals surface area contributed by atoms with Crippen LogP contribution in [-0.4, -0.2) is 23.5 Å². The minimum absolute atomic E-state index is 1.04. The number of benzene rings is 1. The molecule has 0 atom stereocenters. The van der Waals surface area contributed by atoms with Crippen molar-refractivity contribution >= 4 is 24.3 Å². The van der Waals surface area contributed by atoms with E-state index in [1.807, 2.05) is 6.07 Å². The van der Waals surface area contributed by atoms with E-state index in [9.17, 15) is 0 Å². The summed E-state index contributed by atoms with van der Waals surface area (Å²) in [6, 6.07) is 6.24. The van der Waals surface area contributed by atoms with Crippen molar-refractivity contribution < 1.29 is 0 Å². The standard InChI is InChI=1S/C9H13N3Si/c1-13(2,3)8-6-4-5-7-9(8)11-12-10-7/h4-6H,1-3H3,(H,10,11,12). The Morgan fingerprint density at radius 2 is 2.00 bits per heavy atom. The van der Waals surface area contributed by atoms with Crippen LogP contribution in [0.1, 0.15) is 0 Å². The monoisotopic (exact) mass is 191 g/mol. The molecule has 3 nitrogen and oxygen atoms in total. The van der Waals surface area contributed by atoms with Crippen molar-refractivity contribution in [2.45, 2.75) is 19.6 Å². The highest BCUT2D eigenvalue weighted by Gasteiger charge is 2.20. The van der Waals surface area contributed by atoms with Gasteiger partial charge in [-0.1, -0.05) is 37.0 Å². The van der Waals surface area contributed by atoms with Crippen molar-refractivity contribution in [1.29, 1.82) is 0 Å². The molecule has 68 valence electrons. The maximum absolute atomic E-state index is 4.11. The van der Waals surface area contributed by atoms with Gasteiger partial charge in [0.25, 0.3) is 0 Å². The van der Waals surface area contributed by atoms with Crippen LogP contribution in [0.3, 0.4) is 0 Å². The topological polar surface area (TPSA) is 41.6 Å². The molecule has 0 saturated heterocycles. The van der Waals surface area contributed by atoms with Crippen LogP contribution in [0.15, 0.2) is 18.2 Å². The Labute approximate surface area is 78.2 Å². The molecule has 0 spiro atoms. The third kappa shape index (κ3) is 1.37. The number of rotatable bonds is 1. The molecule has 0 amide bonds. The van der Waals surface area contributed by atoms with Crippen LogP contribution in [0.4, 0.5) is 0 Å². The van der Waals surface area contributed by atoms with Gasteiger partial charge in [-0.3, -0.25) is 5.10 Å². The van der Waals surface area contributed by atoms with E-state index in [1.54, 1.807) is 0 Å². The predicted octanol–water partition coefficient (Wildman–Crippen LogP) is 1.50. The van der Waals surface area contributed by atoms with E-state index in [0.717, 1.165) is 11.0 Å². The van der Waals surface area contributed by atoms with E-state index >= 15 is 0 Å². The van der Waals surface area contributed by atoms with E-state index in [1.165, 1.54) is 5.19 Å². The zero-order chi connectivity index (χ0) is 9.47. The van der Waals surface area contributed by atoms with Gasteiger partial charge in [0.05, 0.1) is 13.6 Å². The summed E-state index contributed by atoms with van der Waals surface area (Å²) in [5.74, 6) is 0. The lowest BCUT2D eigenvalue weighted by Crippen LogP contribution is -2.38. The van der Waals surface area contributed by atoms with E-state index < -0.39 is 8.07 Å². The number of H-pyrrole nitrogens is 1. The van der Waals surface area contributed by atoms with E-state index in [-0.39, 0.29) is 0 Å². The van der Waals surface area contributed by atoms with Crippen molar-refractivity contribution in [2.75, 3.05) is 0 Å². The first kappa shape index (κ1) is 8.44. The van der Waals surface area contributed by atoms with Crippen LogP contribution in [0.25, 0.3) is 11.0 Å². The number of nitrogens with zero attached hydrogens (tertiary/aromatic N) is 2. The van der Waals surface area contributed by atoms with Crippen molar-refractivity contribution in [1.82, 2.24) is 15.4 Å². The maximum Gasteiger partial charge on any atom is 0.112 e. The second-order valence-electron chi connectivity index (χ2n) is 4.26. The number of hydrogen-bond donors (Lipinski definition) is 1. The summed E-state index contributed by atoms with van der Waals surface area (Å²) < 4.78 is 0. The number of fused-ring (bicyclic) bond motifs is 1. The number of aromatic amines is 1. The SMILES string of the molecule is C[Si](C)(C)c1cccc2[nH]nnc12. The Hall–Kier alpha value is -1.16. The van der Waals surface area contributed by atoms with Gasteiger partial charge >= 0.3 is 0 Å². The lowest BCUT2D eigenvalue weighted by molar-refractivity contribution is 0.960. The molecule has 0 unspecified atom stereocenters. The Kier molecular flexibility index (Phi) is 1.73. The Morgan fingerprint density at radius 3 is 2.69 bits per heavy atom. The van der Waals surface area contributed by atoms with Crippen LogP contribution >= 0.6 is 0 Å². The lowest BCUT2D eigenvalue weighted by atomic mass is 10.3. The first-order valence-electron chi connectivity index (χ1n) is 4.39. The molecule has 4 heteroatoms. The van der Waals surface area contributed by atoms with Gasteiger partial charge in [0, 0.05) is 0 Å². The van der Waals surface area contributed by atoms with Crippen LogP contribution in [0.2, 0.25) is 19.6 Å². The van der Waals surface area contributed by atoms with Gasteiger partial charge in [-0.05, 0) is 11.3 Å². The fourth-order valence-corrected chi connectivity index (χ4v) is 2.97. The summed E-state index contributed by atoms with van der Waals surface area (Å²) in [6.07, 6.45) is 0. The van der Waals surface area contributed by atoms with Crippen LogP contribution in [0.5, 0.6) is 0 Å². The zero-order valence-corrected chi connectivity index (χ0v) is 9.13. The Bertz CT molecular complexity index is 428. The lowest BCUT2D eigenvalue weighted by Gasteiger charge is -2.16. The molecule has 1 N–H and O–H groups in total. The quantitative estimate of drug-likeness (QED) is 0.694. The highest BCUT2D eigenvalue weighted by molar-refractivity contribution is 6.90. The molecule has 1 aromatic heterocycles. The first-order valence-corrected chi connectivity index (χ1v) is 7.89. The second-order valence-corrected chi connectivity index (χ2v) is 9.30. The van der Waals surface area contributed by atoms with E-state index in [4.69, 9.17) is 0 Å². The molecular formula is C9H13N3Si. The molecule has 0 radical (unpaired) electrons. The molecule has 0 saturated carbocycles. The molecule has 2 aromatic rings. The normalized spacial score (nSPS) is 12.2. The predicted molar refractivity (Wildman–Crippen MR) is 56.9 cm³/mol. The Morgan fingerprint density at radius 1 is 1.23 bits per heavy atom. The summed E-state index contributed by atoms with van der Waals surface area (Å²) in [5.41, 5.74) is 2.08. The molecule has 0 aliphatic carbocycles. The van der Waals surface area contributed by atoms with Crippen molar-refractivity contribution in [3.63, 3.8) is 0 Å². The second kappa shape index (κ2) is 2.66. The van der Waals surface area contributed by atoms with Gasteiger partial charge in [0.15, 0.2) is 0 Å². The van der Waals surface area contributed by atoms with Crippen LogP contribution in [0, 0.1) is 0 Å². The molecule has 0 aliphatic rings. The molecule has 1 aromatic carbocycles. The molecule has 0 fully saturated rings. The fourth-order valence-electron chi connectivity index (χ4n) is 1.48. The zero-order valence-electron chi connectivity index (χ0n) is 8.13. The third-order valence-electron chi connectivity index (χ3n) is 2.16. The first-order chi connectivity index (χ1) is 6.09. The molecule has 1 heterocycles. The van der Waals surface area contributed by atoms with Gasteiger partial charge in [0.1, 0.15) is 5.52 Å². The Balaban J connectivity index is 2.75. The van der Waals surface area contributed by atoms with E-state index in [0.29, 0.717) is 0 Å². The fraction of sp³-hybridized carbons (Fsp3) is 0.333. The average molecular weight is 191 g/mol. The molecule has 0 aliphatic heterocycles. The van der Waals surface area contributed by atoms with Crippen molar-refractivity contribution in [2.24, 2.45) is 0 Å². The maximum atomic E-state index is 4.11. The van der Waals surface area contributed by atoms with Crippen LogP contribution < -0.4 is 5.19 Å². The van der Waals surface area contributed by atoms with Crippen molar-refractivity contribution in [3.8, 4) is 0 Å². The van der Waals surface area contributed by atoms with Gasteiger partial charge in [-0.2, -0.15) is 0 Å². The summed E-state index contributed by atoms with van der Waals surface area (Å²) in [6.45, 7) is 6.95. The smallest absolute Gasteiger partial charge is 0.112 e. The highest BCUT2D eigenvalue weighted by Crippen LogP contribution is 2.10. The molecular weight excluding hydrogens is 178 g/mol. The van der Waals surface area contributed by atoms with Crippen LogP contribution in [-0.2, 0) is 0 Å². The van der Waals surface area contributed by atoms with Gasteiger partial charge in [0.2, 0.25) is 0 Å². The number of nitrogens with one attached hydrogen (secondary N) is 1. The largest absolute Gasteiger partial charge is 0.258 e. The molecule has 0 bridgehead atoms. The average Bonchev–Trinajstić information content (AvgIpc) is 2.48.